The van der Waals surface area contributed by atoms with Gasteiger partial charge in [0.2, 0.25) is 5.89 Å². The van der Waals surface area contributed by atoms with Crippen molar-refractivity contribution in [2.24, 2.45) is 0 Å². The van der Waals surface area contributed by atoms with Gasteiger partial charge in [-0.25, -0.2) is 14.2 Å². The average Bonchev–Trinajstić information content (AvgIpc) is 3.34. The van der Waals surface area contributed by atoms with Gasteiger partial charge in [-0.05, 0) is 49.4 Å². The summed E-state index contributed by atoms with van der Waals surface area (Å²) in [6.07, 6.45) is 2.19. The van der Waals surface area contributed by atoms with Crippen LogP contribution in [0.1, 0.15) is 23.9 Å². The number of aromatic nitrogens is 3. The molecule has 0 saturated carbocycles. The van der Waals surface area contributed by atoms with Gasteiger partial charge < -0.3 is 9.15 Å². The number of nitrogens with zero attached hydrogens (tertiary/aromatic N) is 3. The van der Waals surface area contributed by atoms with Crippen molar-refractivity contribution in [3.8, 4) is 11.5 Å². The SMILES string of the molecule is C[C@H](OC(=O)/C=C/c1nc2ccccc2s1)c1nnc(-c2ccc(F)cc2)o1. The largest absolute Gasteiger partial charge is 0.449 e. The zero-order valence-electron chi connectivity index (χ0n) is 14.7. The van der Waals surface area contributed by atoms with Crippen molar-refractivity contribution in [1.29, 1.82) is 0 Å². The molecule has 0 fully saturated rings. The van der Waals surface area contributed by atoms with Gasteiger partial charge in [0, 0.05) is 11.6 Å². The highest BCUT2D eigenvalue weighted by Gasteiger charge is 2.18. The van der Waals surface area contributed by atoms with Crippen LogP contribution in [0.3, 0.4) is 0 Å². The molecule has 0 aliphatic rings. The summed E-state index contributed by atoms with van der Waals surface area (Å²) in [5, 5.41) is 8.51. The van der Waals surface area contributed by atoms with Crippen LogP contribution in [0.15, 0.2) is 59.0 Å². The van der Waals surface area contributed by atoms with E-state index in [1.54, 1.807) is 13.0 Å². The first-order valence-corrected chi connectivity index (χ1v) is 9.24. The highest BCUT2D eigenvalue weighted by Crippen LogP contribution is 2.24. The molecular weight excluding hydrogens is 381 g/mol. The van der Waals surface area contributed by atoms with Crippen molar-refractivity contribution < 1.29 is 18.3 Å². The fourth-order valence-corrected chi connectivity index (χ4v) is 3.34. The van der Waals surface area contributed by atoms with Gasteiger partial charge in [0.15, 0.2) is 6.10 Å². The minimum Gasteiger partial charge on any atom is -0.449 e. The van der Waals surface area contributed by atoms with Gasteiger partial charge in [-0.15, -0.1) is 21.5 Å². The lowest BCUT2D eigenvalue weighted by molar-refractivity contribution is -0.143. The maximum Gasteiger partial charge on any atom is 0.331 e. The monoisotopic (exact) mass is 395 g/mol. The number of hydrogen-bond donors (Lipinski definition) is 0. The van der Waals surface area contributed by atoms with Crippen LogP contribution < -0.4 is 0 Å². The summed E-state index contributed by atoms with van der Waals surface area (Å²) < 4.78 is 24.9. The van der Waals surface area contributed by atoms with Crippen LogP contribution in [-0.4, -0.2) is 21.2 Å². The Morgan fingerprint density at radius 1 is 1.18 bits per heavy atom. The summed E-state index contributed by atoms with van der Waals surface area (Å²) in [7, 11) is 0. The fourth-order valence-electron chi connectivity index (χ4n) is 2.47. The van der Waals surface area contributed by atoms with Gasteiger partial charge in [0.25, 0.3) is 5.89 Å². The van der Waals surface area contributed by atoms with Crippen LogP contribution in [0, 0.1) is 5.82 Å². The highest BCUT2D eigenvalue weighted by atomic mass is 32.1. The van der Waals surface area contributed by atoms with Crippen molar-refractivity contribution in [1.82, 2.24) is 15.2 Å². The molecule has 6 nitrogen and oxygen atoms in total. The number of para-hydroxylation sites is 1. The summed E-state index contributed by atoms with van der Waals surface area (Å²) >= 11 is 1.48. The molecule has 4 rings (SSSR count). The van der Waals surface area contributed by atoms with E-state index in [9.17, 15) is 9.18 Å². The molecule has 0 unspecified atom stereocenters. The van der Waals surface area contributed by atoms with E-state index < -0.39 is 12.1 Å². The van der Waals surface area contributed by atoms with Gasteiger partial charge in [-0.3, -0.25) is 0 Å². The molecule has 2 aromatic heterocycles. The molecule has 140 valence electrons. The van der Waals surface area contributed by atoms with Crippen LogP contribution in [0.25, 0.3) is 27.7 Å². The van der Waals surface area contributed by atoms with E-state index in [2.05, 4.69) is 15.2 Å². The summed E-state index contributed by atoms with van der Waals surface area (Å²) in [6.45, 7) is 1.63. The minimum absolute atomic E-state index is 0.154. The predicted octanol–water partition coefficient (Wildman–Crippen LogP) is 4.80. The third-order valence-electron chi connectivity index (χ3n) is 3.84. The molecule has 0 aliphatic carbocycles. The third-order valence-corrected chi connectivity index (χ3v) is 4.85. The third kappa shape index (κ3) is 3.96. The number of halogens is 1. The molecule has 0 radical (unpaired) electrons. The highest BCUT2D eigenvalue weighted by molar-refractivity contribution is 7.19. The lowest BCUT2D eigenvalue weighted by Gasteiger charge is -2.06. The van der Waals surface area contributed by atoms with E-state index >= 15 is 0 Å². The lowest BCUT2D eigenvalue weighted by atomic mass is 10.2. The summed E-state index contributed by atoms with van der Waals surface area (Å²) in [4.78, 5) is 16.5. The van der Waals surface area contributed by atoms with E-state index in [1.165, 1.54) is 41.7 Å². The topological polar surface area (TPSA) is 78.1 Å². The molecule has 0 N–H and O–H groups in total. The number of thiazole rings is 1. The lowest BCUT2D eigenvalue weighted by Crippen LogP contribution is -2.06. The number of hydrogen-bond acceptors (Lipinski definition) is 7. The molecule has 8 heteroatoms. The first kappa shape index (κ1) is 18.0. The van der Waals surface area contributed by atoms with Crippen LogP contribution >= 0.6 is 11.3 Å². The molecule has 0 amide bonds. The summed E-state index contributed by atoms with van der Waals surface area (Å²) in [5.41, 5.74) is 1.46. The van der Waals surface area contributed by atoms with Crippen molar-refractivity contribution in [2.75, 3.05) is 0 Å². The second kappa shape index (κ2) is 7.69. The number of fused-ring (bicyclic) bond motifs is 1. The van der Waals surface area contributed by atoms with E-state index in [0.29, 0.717) is 10.6 Å². The Kier molecular flexibility index (Phi) is 4.94. The molecule has 2 heterocycles. The van der Waals surface area contributed by atoms with Crippen molar-refractivity contribution >= 4 is 33.6 Å². The molecule has 0 spiro atoms. The van der Waals surface area contributed by atoms with E-state index in [0.717, 1.165) is 10.2 Å². The van der Waals surface area contributed by atoms with Crippen LogP contribution in [-0.2, 0) is 9.53 Å². The Balaban J connectivity index is 1.41. The quantitative estimate of drug-likeness (QED) is 0.357. The normalized spacial score (nSPS) is 12.5. The second-order valence-corrected chi connectivity index (χ2v) is 6.95. The Bertz CT molecular complexity index is 1120. The van der Waals surface area contributed by atoms with Crippen molar-refractivity contribution in [3.63, 3.8) is 0 Å². The Labute approximate surface area is 163 Å². The average molecular weight is 395 g/mol. The number of ether oxygens (including phenoxy) is 1. The van der Waals surface area contributed by atoms with Crippen molar-refractivity contribution in [2.45, 2.75) is 13.0 Å². The standard InChI is InChI=1S/C20H14FN3O3S/c1-12(19-23-24-20(27-19)13-6-8-14(21)9-7-13)26-18(25)11-10-17-22-15-4-2-3-5-16(15)28-17/h2-12H,1H3/b11-10+/t12-/m0/s1. The van der Waals surface area contributed by atoms with Gasteiger partial charge in [0.05, 0.1) is 10.2 Å². The summed E-state index contributed by atoms with van der Waals surface area (Å²) in [6, 6.07) is 13.4. The van der Waals surface area contributed by atoms with Gasteiger partial charge in [-0.1, -0.05) is 12.1 Å². The zero-order chi connectivity index (χ0) is 19.5. The smallest absolute Gasteiger partial charge is 0.331 e. The number of carbonyl (C=O) groups is 1. The van der Waals surface area contributed by atoms with Crippen LogP contribution in [0.5, 0.6) is 0 Å². The van der Waals surface area contributed by atoms with E-state index in [4.69, 9.17) is 9.15 Å². The van der Waals surface area contributed by atoms with E-state index in [1.807, 2.05) is 24.3 Å². The van der Waals surface area contributed by atoms with E-state index in [-0.39, 0.29) is 17.6 Å². The number of rotatable bonds is 5. The number of carbonyl (C=O) groups excluding carboxylic acids is 1. The van der Waals surface area contributed by atoms with Crippen LogP contribution in [0.2, 0.25) is 0 Å². The molecule has 0 bridgehead atoms. The molecule has 1 atom stereocenters. The Hall–Kier alpha value is -3.39. The number of benzene rings is 2. The molecule has 0 aliphatic heterocycles. The zero-order valence-corrected chi connectivity index (χ0v) is 15.5. The number of esters is 1. The van der Waals surface area contributed by atoms with Gasteiger partial charge in [-0.2, -0.15) is 0 Å². The molecule has 28 heavy (non-hydrogen) atoms. The van der Waals surface area contributed by atoms with Gasteiger partial charge in [0.1, 0.15) is 10.8 Å². The molecule has 0 saturated heterocycles. The van der Waals surface area contributed by atoms with Crippen molar-refractivity contribution in [3.05, 3.63) is 71.3 Å². The second-order valence-electron chi connectivity index (χ2n) is 5.88. The van der Waals surface area contributed by atoms with Crippen LogP contribution in [0.4, 0.5) is 4.39 Å². The summed E-state index contributed by atoms with van der Waals surface area (Å²) in [5.74, 6) is -0.525. The molecule has 2 aromatic carbocycles. The maximum atomic E-state index is 13.0. The molecule has 4 aromatic rings. The van der Waals surface area contributed by atoms with Gasteiger partial charge >= 0.3 is 5.97 Å². The first-order valence-electron chi connectivity index (χ1n) is 8.42. The Morgan fingerprint density at radius 3 is 2.75 bits per heavy atom. The maximum absolute atomic E-state index is 13.0. The molecular formula is C20H14FN3O3S. The minimum atomic E-state index is -0.728. The predicted molar refractivity (Wildman–Crippen MR) is 103 cm³/mol. The Morgan fingerprint density at radius 2 is 1.96 bits per heavy atom. The first-order chi connectivity index (χ1) is 13.6. The fraction of sp³-hybridized carbons (Fsp3) is 0.100.